The highest BCUT2D eigenvalue weighted by atomic mass is 16.4. The van der Waals surface area contributed by atoms with E-state index in [-0.39, 0.29) is 6.54 Å². The predicted octanol–water partition coefficient (Wildman–Crippen LogP) is -1.01. The number of hydrogen-bond donors (Lipinski definition) is 4. The molecule has 0 bridgehead atoms. The number of amides is 2. The second-order valence-corrected chi connectivity index (χ2v) is 3.09. The third-order valence-electron chi connectivity index (χ3n) is 1.70. The lowest BCUT2D eigenvalue weighted by Gasteiger charge is -2.07. The molecule has 0 spiro atoms. The molecule has 0 aliphatic rings. The van der Waals surface area contributed by atoms with Crippen LogP contribution < -0.4 is 10.6 Å². The van der Waals surface area contributed by atoms with E-state index in [0.29, 0.717) is 5.69 Å². The number of aromatic nitrogens is 2. The highest BCUT2D eigenvalue weighted by Gasteiger charge is 2.14. The Morgan fingerprint density at radius 2 is 2.31 bits per heavy atom. The first-order valence-electron chi connectivity index (χ1n) is 4.43. The number of aliphatic hydroxyl groups excluding tert-OH is 1. The Bertz CT molecular complexity index is 389. The van der Waals surface area contributed by atoms with E-state index in [1.807, 2.05) is 0 Å². The number of hydrogen-bond acceptors (Lipinski definition) is 4. The molecule has 0 aliphatic carbocycles. The normalized spacial score (nSPS) is 11.9. The highest BCUT2D eigenvalue weighted by Crippen LogP contribution is 2.02. The van der Waals surface area contributed by atoms with Gasteiger partial charge in [0.05, 0.1) is 18.4 Å². The Labute approximate surface area is 90.9 Å². The number of anilines is 1. The molecule has 88 valence electrons. The fourth-order valence-corrected chi connectivity index (χ4v) is 0.938. The molecule has 4 N–H and O–H groups in total. The van der Waals surface area contributed by atoms with Gasteiger partial charge in [-0.2, -0.15) is 5.10 Å². The van der Waals surface area contributed by atoms with Gasteiger partial charge in [-0.05, 0) is 0 Å². The predicted molar refractivity (Wildman–Crippen MR) is 53.9 cm³/mol. The van der Waals surface area contributed by atoms with Crippen LogP contribution in [0.5, 0.6) is 0 Å². The summed E-state index contributed by atoms with van der Waals surface area (Å²) in [5.41, 5.74) is 0.477. The zero-order chi connectivity index (χ0) is 12.1. The molecule has 0 aliphatic heterocycles. The monoisotopic (exact) mass is 228 g/mol. The molecule has 1 heterocycles. The van der Waals surface area contributed by atoms with Crippen molar-refractivity contribution in [1.29, 1.82) is 0 Å². The summed E-state index contributed by atoms with van der Waals surface area (Å²) >= 11 is 0. The number of aryl methyl sites for hydroxylation is 1. The average molecular weight is 228 g/mol. The van der Waals surface area contributed by atoms with Crippen LogP contribution >= 0.6 is 0 Å². The van der Waals surface area contributed by atoms with Crippen molar-refractivity contribution in [2.45, 2.75) is 6.10 Å². The van der Waals surface area contributed by atoms with Gasteiger partial charge in [0.1, 0.15) is 0 Å². The molecular formula is C8H12N4O4. The molecule has 0 aromatic carbocycles. The van der Waals surface area contributed by atoms with E-state index in [1.165, 1.54) is 10.9 Å². The van der Waals surface area contributed by atoms with Crippen LogP contribution in [-0.4, -0.2) is 44.6 Å². The van der Waals surface area contributed by atoms with E-state index in [0.717, 1.165) is 0 Å². The number of aliphatic carboxylic acids is 1. The van der Waals surface area contributed by atoms with Crippen LogP contribution in [-0.2, 0) is 11.8 Å². The van der Waals surface area contributed by atoms with Crippen LogP contribution in [0.4, 0.5) is 10.5 Å². The lowest BCUT2D eigenvalue weighted by atomic mass is 10.4. The van der Waals surface area contributed by atoms with Gasteiger partial charge in [-0.1, -0.05) is 0 Å². The van der Waals surface area contributed by atoms with Gasteiger partial charge in [-0.3, -0.25) is 4.68 Å². The second kappa shape index (κ2) is 5.12. The molecule has 0 fully saturated rings. The number of carboxylic acid groups (broad SMARTS) is 1. The molecular weight excluding hydrogens is 216 g/mol. The fourth-order valence-electron chi connectivity index (χ4n) is 0.938. The van der Waals surface area contributed by atoms with Crippen LogP contribution in [0.25, 0.3) is 0 Å². The first-order chi connectivity index (χ1) is 7.49. The van der Waals surface area contributed by atoms with Gasteiger partial charge < -0.3 is 20.8 Å². The van der Waals surface area contributed by atoms with Crippen molar-refractivity contribution in [3.8, 4) is 0 Å². The Balaban J connectivity index is 2.34. The Morgan fingerprint density at radius 3 is 2.81 bits per heavy atom. The van der Waals surface area contributed by atoms with Gasteiger partial charge in [0.25, 0.3) is 0 Å². The topological polar surface area (TPSA) is 116 Å². The van der Waals surface area contributed by atoms with Crippen molar-refractivity contribution in [2.24, 2.45) is 7.05 Å². The lowest BCUT2D eigenvalue weighted by molar-refractivity contribution is -0.146. The van der Waals surface area contributed by atoms with Crippen LogP contribution in [0.3, 0.4) is 0 Å². The molecule has 0 saturated carbocycles. The standard InChI is InChI=1S/C8H12N4O4/c1-12-4-5(2-10-12)11-8(16)9-3-6(13)7(14)15/h2,4,6,13H,3H2,1H3,(H,14,15)(H2,9,11,16). The van der Waals surface area contributed by atoms with Crippen molar-refractivity contribution >= 4 is 17.7 Å². The second-order valence-electron chi connectivity index (χ2n) is 3.09. The number of urea groups is 1. The molecule has 1 aromatic rings. The van der Waals surface area contributed by atoms with Crippen molar-refractivity contribution in [3.63, 3.8) is 0 Å². The quantitative estimate of drug-likeness (QED) is 0.526. The molecule has 1 aromatic heterocycles. The summed E-state index contributed by atoms with van der Waals surface area (Å²) in [7, 11) is 1.69. The average Bonchev–Trinajstić information content (AvgIpc) is 2.60. The zero-order valence-corrected chi connectivity index (χ0v) is 8.54. The number of rotatable bonds is 4. The van der Waals surface area contributed by atoms with Crippen molar-refractivity contribution in [3.05, 3.63) is 12.4 Å². The maximum Gasteiger partial charge on any atom is 0.334 e. The van der Waals surface area contributed by atoms with Crippen LogP contribution in [0.2, 0.25) is 0 Å². The van der Waals surface area contributed by atoms with Crippen molar-refractivity contribution < 1.29 is 19.8 Å². The van der Waals surface area contributed by atoms with Crippen LogP contribution in [0, 0.1) is 0 Å². The summed E-state index contributed by atoms with van der Waals surface area (Å²) in [6.45, 7) is -0.360. The number of nitrogens with zero attached hydrogens (tertiary/aromatic N) is 2. The summed E-state index contributed by atoms with van der Waals surface area (Å²) in [6, 6.07) is -0.603. The van der Waals surface area contributed by atoms with Crippen molar-refractivity contribution in [1.82, 2.24) is 15.1 Å². The molecule has 0 radical (unpaired) electrons. The Kier molecular flexibility index (Phi) is 3.84. The van der Waals surface area contributed by atoms with Gasteiger partial charge in [-0.15, -0.1) is 0 Å². The zero-order valence-electron chi connectivity index (χ0n) is 8.54. The van der Waals surface area contributed by atoms with Gasteiger partial charge in [-0.25, -0.2) is 9.59 Å². The van der Waals surface area contributed by atoms with Gasteiger partial charge in [0.2, 0.25) is 0 Å². The molecule has 1 unspecified atom stereocenters. The molecule has 2 amide bonds. The molecule has 0 saturated heterocycles. The Hall–Kier alpha value is -2.09. The third kappa shape index (κ3) is 3.58. The number of aliphatic hydroxyl groups is 1. The van der Waals surface area contributed by atoms with Crippen molar-refractivity contribution in [2.75, 3.05) is 11.9 Å². The van der Waals surface area contributed by atoms with Gasteiger partial charge in [0, 0.05) is 13.2 Å². The number of carbonyl (C=O) groups excluding carboxylic acids is 1. The minimum absolute atomic E-state index is 0.360. The van der Waals surface area contributed by atoms with Crippen LogP contribution in [0.1, 0.15) is 0 Å². The minimum Gasteiger partial charge on any atom is -0.479 e. The highest BCUT2D eigenvalue weighted by molar-refractivity contribution is 5.89. The summed E-state index contributed by atoms with van der Waals surface area (Å²) in [5, 5.41) is 25.7. The fraction of sp³-hybridized carbons (Fsp3) is 0.375. The first kappa shape index (κ1) is 12.0. The van der Waals surface area contributed by atoms with E-state index in [1.54, 1.807) is 13.2 Å². The maximum atomic E-state index is 11.2. The minimum atomic E-state index is -1.61. The van der Waals surface area contributed by atoms with Gasteiger partial charge >= 0.3 is 12.0 Å². The van der Waals surface area contributed by atoms with Crippen LogP contribution in [0.15, 0.2) is 12.4 Å². The molecule has 8 nitrogen and oxygen atoms in total. The largest absolute Gasteiger partial charge is 0.479 e. The molecule has 8 heteroatoms. The number of carboxylic acids is 1. The van der Waals surface area contributed by atoms with E-state index in [2.05, 4.69) is 15.7 Å². The van der Waals surface area contributed by atoms with E-state index in [9.17, 15) is 9.59 Å². The molecule has 1 rings (SSSR count). The number of carbonyl (C=O) groups is 2. The smallest absolute Gasteiger partial charge is 0.334 e. The first-order valence-corrected chi connectivity index (χ1v) is 4.43. The molecule has 1 atom stereocenters. The number of nitrogens with one attached hydrogen (secondary N) is 2. The SMILES string of the molecule is Cn1cc(NC(=O)NCC(O)C(=O)O)cn1. The van der Waals surface area contributed by atoms with E-state index >= 15 is 0 Å². The lowest BCUT2D eigenvalue weighted by Crippen LogP contribution is -2.38. The van der Waals surface area contributed by atoms with Gasteiger partial charge in [0.15, 0.2) is 6.10 Å². The van der Waals surface area contributed by atoms with E-state index in [4.69, 9.17) is 10.2 Å². The Morgan fingerprint density at radius 1 is 1.62 bits per heavy atom. The molecule has 16 heavy (non-hydrogen) atoms. The van der Waals surface area contributed by atoms with E-state index < -0.39 is 18.1 Å². The maximum absolute atomic E-state index is 11.2. The summed E-state index contributed by atoms with van der Waals surface area (Å²) < 4.78 is 1.50. The summed E-state index contributed by atoms with van der Waals surface area (Å²) in [4.78, 5) is 21.4. The third-order valence-corrected chi connectivity index (χ3v) is 1.70. The summed E-state index contributed by atoms with van der Waals surface area (Å²) in [5.74, 6) is -1.39. The summed E-state index contributed by atoms with van der Waals surface area (Å²) in [6.07, 6.45) is 1.40.